The topological polar surface area (TPSA) is 29.5 Å². The molecule has 0 N–H and O–H groups in total. The van der Waals surface area contributed by atoms with Gasteiger partial charge >= 0.3 is 0 Å². The van der Waals surface area contributed by atoms with Crippen molar-refractivity contribution in [3.63, 3.8) is 0 Å². The number of nitrogens with zero attached hydrogens (tertiary/aromatic N) is 1. The lowest BCUT2D eigenvalue weighted by atomic mass is 10.2. The third-order valence-electron chi connectivity index (χ3n) is 2.78. The smallest absolute Gasteiger partial charge is 0.271 e. The van der Waals surface area contributed by atoms with Crippen molar-refractivity contribution in [1.29, 1.82) is 0 Å². The van der Waals surface area contributed by atoms with Gasteiger partial charge < -0.3 is 0 Å². The summed E-state index contributed by atoms with van der Waals surface area (Å²) in [6, 6.07) is 1.98. The van der Waals surface area contributed by atoms with Gasteiger partial charge in [0.2, 0.25) is 0 Å². The summed E-state index contributed by atoms with van der Waals surface area (Å²) in [7, 11) is 0. The van der Waals surface area contributed by atoms with E-state index in [9.17, 15) is 4.79 Å². The Bertz CT molecular complexity index is 380. The van der Waals surface area contributed by atoms with Crippen molar-refractivity contribution in [2.45, 2.75) is 33.1 Å². The van der Waals surface area contributed by atoms with Crippen molar-refractivity contribution in [3.8, 4) is 0 Å². The molecule has 0 saturated carbocycles. The summed E-state index contributed by atoms with van der Waals surface area (Å²) in [5.41, 5.74) is 1.22. The molecular formula is C12H17NO2S. The molecule has 3 nitrogen and oxygen atoms in total. The number of amides is 1. The van der Waals surface area contributed by atoms with Gasteiger partial charge in [0.1, 0.15) is 0 Å². The average Bonchev–Trinajstić information content (AvgIpc) is 2.71. The molecule has 1 aromatic rings. The van der Waals surface area contributed by atoms with Crippen molar-refractivity contribution in [3.05, 3.63) is 21.4 Å². The highest BCUT2D eigenvalue weighted by Gasteiger charge is 2.21. The maximum atomic E-state index is 12.1. The number of hydroxylamine groups is 2. The summed E-state index contributed by atoms with van der Waals surface area (Å²) in [5, 5.41) is 1.51. The summed E-state index contributed by atoms with van der Waals surface area (Å²) < 4.78 is 0. The van der Waals surface area contributed by atoms with E-state index in [4.69, 9.17) is 4.84 Å². The van der Waals surface area contributed by atoms with Crippen LogP contribution in [0.2, 0.25) is 0 Å². The van der Waals surface area contributed by atoms with E-state index in [2.05, 4.69) is 13.8 Å². The van der Waals surface area contributed by atoms with Gasteiger partial charge in [-0.05, 0) is 37.8 Å². The molecule has 2 rings (SSSR count). The number of thiophene rings is 1. The number of hydrogen-bond acceptors (Lipinski definition) is 3. The van der Waals surface area contributed by atoms with Crippen LogP contribution in [-0.4, -0.2) is 24.1 Å². The summed E-state index contributed by atoms with van der Waals surface area (Å²) in [6.07, 6.45) is 3.08. The van der Waals surface area contributed by atoms with Gasteiger partial charge in [-0.3, -0.25) is 9.63 Å². The van der Waals surface area contributed by atoms with Crippen molar-refractivity contribution < 1.29 is 9.63 Å². The minimum Gasteiger partial charge on any atom is -0.271 e. The summed E-state index contributed by atoms with van der Waals surface area (Å²) in [6.45, 7) is 5.56. The number of carbonyl (C=O) groups excluding carboxylic acids is 1. The van der Waals surface area contributed by atoms with E-state index in [0.717, 1.165) is 30.7 Å². The molecule has 2 heterocycles. The molecule has 1 fully saturated rings. The van der Waals surface area contributed by atoms with Gasteiger partial charge in [0, 0.05) is 11.4 Å². The van der Waals surface area contributed by atoms with E-state index in [1.165, 1.54) is 15.5 Å². The molecule has 4 heteroatoms. The maximum Gasteiger partial charge on any atom is 0.287 e. The lowest BCUT2D eigenvalue weighted by molar-refractivity contribution is -0.143. The zero-order valence-corrected chi connectivity index (χ0v) is 10.6. The van der Waals surface area contributed by atoms with E-state index >= 15 is 0 Å². The largest absolute Gasteiger partial charge is 0.287 e. The predicted molar refractivity (Wildman–Crippen MR) is 64.7 cm³/mol. The second-order valence-corrected chi connectivity index (χ2v) is 5.15. The van der Waals surface area contributed by atoms with E-state index in [1.807, 2.05) is 6.07 Å². The number of carbonyl (C=O) groups is 1. The molecule has 1 aromatic heterocycles. The Morgan fingerprint density at radius 2 is 2.38 bits per heavy atom. The van der Waals surface area contributed by atoms with Crippen LogP contribution in [0.15, 0.2) is 6.07 Å². The van der Waals surface area contributed by atoms with Gasteiger partial charge in [-0.25, -0.2) is 5.06 Å². The third kappa shape index (κ3) is 2.28. The fraction of sp³-hybridized carbons (Fsp3) is 0.583. The molecule has 0 radical (unpaired) electrons. The van der Waals surface area contributed by atoms with Crippen LogP contribution in [0.5, 0.6) is 0 Å². The fourth-order valence-corrected chi connectivity index (χ4v) is 2.91. The molecule has 1 saturated heterocycles. The Labute approximate surface area is 100.0 Å². The SMILES string of the molecule is CCc1sc(C(=O)N2CCCCO2)cc1C. The second kappa shape index (κ2) is 4.97. The summed E-state index contributed by atoms with van der Waals surface area (Å²) in [4.78, 5) is 19.6. The number of hydrogen-bond donors (Lipinski definition) is 0. The fourth-order valence-electron chi connectivity index (χ4n) is 1.86. The van der Waals surface area contributed by atoms with E-state index in [-0.39, 0.29) is 5.91 Å². The van der Waals surface area contributed by atoms with E-state index < -0.39 is 0 Å². The van der Waals surface area contributed by atoms with Crippen LogP contribution in [0.25, 0.3) is 0 Å². The van der Waals surface area contributed by atoms with Crippen LogP contribution in [0.1, 0.15) is 39.9 Å². The Hall–Kier alpha value is -0.870. The van der Waals surface area contributed by atoms with Gasteiger partial charge in [0.05, 0.1) is 11.5 Å². The average molecular weight is 239 g/mol. The van der Waals surface area contributed by atoms with Crippen LogP contribution in [-0.2, 0) is 11.3 Å². The molecule has 0 spiro atoms. The number of aryl methyl sites for hydroxylation is 2. The quantitative estimate of drug-likeness (QED) is 0.794. The third-order valence-corrected chi connectivity index (χ3v) is 4.15. The zero-order chi connectivity index (χ0) is 11.5. The van der Waals surface area contributed by atoms with Crippen LogP contribution < -0.4 is 0 Å². The van der Waals surface area contributed by atoms with Crippen LogP contribution >= 0.6 is 11.3 Å². The Kier molecular flexibility index (Phi) is 3.61. The molecular weight excluding hydrogens is 222 g/mol. The molecule has 0 unspecified atom stereocenters. The monoisotopic (exact) mass is 239 g/mol. The summed E-state index contributed by atoms with van der Waals surface area (Å²) in [5.74, 6) is 0.0208. The van der Waals surface area contributed by atoms with Gasteiger partial charge in [0.15, 0.2) is 0 Å². The minimum atomic E-state index is 0.0208. The van der Waals surface area contributed by atoms with Gasteiger partial charge in [-0.2, -0.15) is 0 Å². The number of rotatable bonds is 2. The first-order valence-corrected chi connectivity index (χ1v) is 6.58. The highest BCUT2D eigenvalue weighted by atomic mass is 32.1. The Morgan fingerprint density at radius 1 is 1.56 bits per heavy atom. The van der Waals surface area contributed by atoms with E-state index in [0.29, 0.717) is 6.61 Å². The molecule has 0 aromatic carbocycles. The van der Waals surface area contributed by atoms with E-state index in [1.54, 1.807) is 11.3 Å². The molecule has 88 valence electrons. The lowest BCUT2D eigenvalue weighted by Gasteiger charge is -2.25. The molecule has 1 aliphatic rings. The lowest BCUT2D eigenvalue weighted by Crippen LogP contribution is -2.35. The van der Waals surface area contributed by atoms with Crippen LogP contribution in [0, 0.1) is 6.92 Å². The van der Waals surface area contributed by atoms with Gasteiger partial charge in [0.25, 0.3) is 5.91 Å². The Balaban J connectivity index is 2.13. The van der Waals surface area contributed by atoms with Gasteiger partial charge in [-0.1, -0.05) is 6.92 Å². The predicted octanol–water partition coefficient (Wildman–Crippen LogP) is 2.79. The zero-order valence-electron chi connectivity index (χ0n) is 9.78. The first-order valence-electron chi connectivity index (χ1n) is 5.76. The molecule has 0 aliphatic carbocycles. The standard InChI is InChI=1S/C12H17NO2S/c1-3-10-9(2)8-11(16-10)12(14)13-6-4-5-7-15-13/h8H,3-7H2,1-2H3. The van der Waals surface area contributed by atoms with Crippen molar-refractivity contribution in [2.75, 3.05) is 13.2 Å². The molecule has 1 aliphatic heterocycles. The minimum absolute atomic E-state index is 0.0208. The van der Waals surface area contributed by atoms with Crippen molar-refractivity contribution in [2.24, 2.45) is 0 Å². The maximum absolute atomic E-state index is 12.1. The Morgan fingerprint density at radius 3 is 2.94 bits per heavy atom. The normalized spacial score (nSPS) is 16.5. The highest BCUT2D eigenvalue weighted by Crippen LogP contribution is 2.24. The van der Waals surface area contributed by atoms with Crippen LogP contribution in [0.4, 0.5) is 0 Å². The van der Waals surface area contributed by atoms with Crippen LogP contribution in [0.3, 0.4) is 0 Å². The van der Waals surface area contributed by atoms with Crippen molar-refractivity contribution >= 4 is 17.2 Å². The summed E-state index contributed by atoms with van der Waals surface area (Å²) >= 11 is 1.59. The molecule has 0 bridgehead atoms. The molecule has 16 heavy (non-hydrogen) atoms. The second-order valence-electron chi connectivity index (χ2n) is 4.02. The first-order chi connectivity index (χ1) is 7.72. The first kappa shape index (κ1) is 11.6. The van der Waals surface area contributed by atoms with Gasteiger partial charge in [-0.15, -0.1) is 11.3 Å². The highest BCUT2D eigenvalue weighted by molar-refractivity contribution is 7.14. The molecule has 1 amide bonds. The van der Waals surface area contributed by atoms with Crippen molar-refractivity contribution in [1.82, 2.24) is 5.06 Å². The molecule has 0 atom stereocenters.